The van der Waals surface area contributed by atoms with Gasteiger partial charge >= 0.3 is 0 Å². The number of nitrogens with zero attached hydrogens (tertiary/aromatic N) is 3. The summed E-state index contributed by atoms with van der Waals surface area (Å²) in [6.07, 6.45) is 2.19. The van der Waals surface area contributed by atoms with Gasteiger partial charge in [0.2, 0.25) is 0 Å². The van der Waals surface area contributed by atoms with Gasteiger partial charge < -0.3 is 0 Å². The van der Waals surface area contributed by atoms with Crippen LogP contribution in [-0.2, 0) is 13.0 Å². The molecule has 7 heteroatoms. The zero-order valence-electron chi connectivity index (χ0n) is 15.7. The zero-order valence-corrected chi connectivity index (χ0v) is 16.5. The van der Waals surface area contributed by atoms with Crippen LogP contribution < -0.4 is 5.56 Å². The van der Waals surface area contributed by atoms with E-state index in [0.29, 0.717) is 34.2 Å². The number of aryl methyl sites for hydroxylation is 2. The number of hydrogen-bond donors (Lipinski definition) is 0. The van der Waals surface area contributed by atoms with Crippen LogP contribution >= 0.6 is 11.3 Å². The predicted molar refractivity (Wildman–Crippen MR) is 115 cm³/mol. The lowest BCUT2D eigenvalue weighted by molar-refractivity contribution is 0.509. The Morgan fingerprint density at radius 2 is 1.87 bits per heavy atom. The average Bonchev–Trinajstić information content (AvgIpc) is 3.20. The van der Waals surface area contributed by atoms with Crippen LogP contribution in [0, 0.1) is 11.6 Å². The summed E-state index contributed by atoms with van der Waals surface area (Å²) in [6.45, 7) is 0.368. The van der Waals surface area contributed by atoms with Crippen molar-refractivity contribution in [3.05, 3.63) is 93.9 Å². The minimum atomic E-state index is -0.941. The highest BCUT2D eigenvalue weighted by atomic mass is 32.1. The molecule has 5 aromatic rings. The van der Waals surface area contributed by atoms with Gasteiger partial charge in [-0.1, -0.05) is 30.3 Å². The first-order valence-corrected chi connectivity index (χ1v) is 10.3. The maximum atomic E-state index is 13.7. The maximum absolute atomic E-state index is 13.7. The fourth-order valence-corrected chi connectivity index (χ4v) is 4.42. The predicted octanol–water partition coefficient (Wildman–Crippen LogP) is 5.19. The quantitative estimate of drug-likeness (QED) is 0.403. The number of rotatable bonds is 4. The van der Waals surface area contributed by atoms with E-state index in [1.54, 1.807) is 11.6 Å². The van der Waals surface area contributed by atoms with E-state index in [-0.39, 0.29) is 5.56 Å². The Morgan fingerprint density at radius 1 is 1.00 bits per heavy atom. The lowest BCUT2D eigenvalue weighted by Gasteiger charge is -2.07. The summed E-state index contributed by atoms with van der Waals surface area (Å²) >= 11 is 1.35. The van der Waals surface area contributed by atoms with Crippen LogP contribution in [-0.4, -0.2) is 14.8 Å². The second-order valence-corrected chi connectivity index (χ2v) is 7.85. The molecule has 0 spiro atoms. The van der Waals surface area contributed by atoms with E-state index in [9.17, 15) is 13.6 Å². The molecule has 0 bridgehead atoms. The lowest BCUT2D eigenvalue weighted by Crippen LogP contribution is -2.23. The standard InChI is InChI=1S/C23H15F2N3OS/c24-18-8-6-15(11-19(18)25)17-13-30-21-12-26-28(23(29)22(17)21)10-9-16-7-5-14-3-1-2-4-20(14)27-16/h1-8,11-13H,9-10H2. The largest absolute Gasteiger partial charge is 0.276 e. The molecule has 30 heavy (non-hydrogen) atoms. The molecule has 0 aliphatic carbocycles. The Labute approximate surface area is 174 Å². The summed E-state index contributed by atoms with van der Waals surface area (Å²) in [6, 6.07) is 15.5. The summed E-state index contributed by atoms with van der Waals surface area (Å²) in [5, 5.41) is 7.58. The summed E-state index contributed by atoms with van der Waals surface area (Å²) < 4.78 is 29.1. The third-order valence-corrected chi connectivity index (χ3v) is 5.97. The topological polar surface area (TPSA) is 47.8 Å². The van der Waals surface area contributed by atoms with Gasteiger partial charge in [0.25, 0.3) is 5.56 Å². The molecule has 0 aliphatic heterocycles. The molecule has 3 aromatic heterocycles. The van der Waals surface area contributed by atoms with Crippen LogP contribution in [0.3, 0.4) is 0 Å². The van der Waals surface area contributed by atoms with E-state index < -0.39 is 11.6 Å². The number of hydrogen-bond acceptors (Lipinski definition) is 4. The molecule has 0 saturated heterocycles. The Kier molecular flexibility index (Phi) is 4.59. The van der Waals surface area contributed by atoms with Gasteiger partial charge in [0.1, 0.15) is 0 Å². The van der Waals surface area contributed by atoms with Crippen molar-refractivity contribution in [3.8, 4) is 11.1 Å². The molecule has 0 fully saturated rings. The lowest BCUT2D eigenvalue weighted by atomic mass is 10.1. The van der Waals surface area contributed by atoms with Gasteiger partial charge in [0.15, 0.2) is 11.6 Å². The molecule has 0 atom stereocenters. The van der Waals surface area contributed by atoms with Crippen LogP contribution in [0.15, 0.2) is 71.0 Å². The molecule has 0 saturated carbocycles. The Balaban J connectivity index is 1.49. The van der Waals surface area contributed by atoms with E-state index >= 15 is 0 Å². The van der Waals surface area contributed by atoms with Crippen molar-refractivity contribution in [2.45, 2.75) is 13.0 Å². The highest BCUT2D eigenvalue weighted by molar-refractivity contribution is 7.17. The van der Waals surface area contributed by atoms with Crippen LogP contribution in [0.25, 0.3) is 32.1 Å². The first-order valence-electron chi connectivity index (χ1n) is 9.37. The Bertz CT molecular complexity index is 1460. The fourth-order valence-electron chi connectivity index (χ4n) is 3.50. The van der Waals surface area contributed by atoms with Crippen molar-refractivity contribution in [1.82, 2.24) is 14.8 Å². The van der Waals surface area contributed by atoms with Gasteiger partial charge in [-0.3, -0.25) is 9.78 Å². The van der Waals surface area contributed by atoms with Crippen molar-refractivity contribution in [3.63, 3.8) is 0 Å². The van der Waals surface area contributed by atoms with Crippen molar-refractivity contribution >= 4 is 32.3 Å². The number of para-hydroxylation sites is 1. The number of pyridine rings is 1. The third-order valence-electron chi connectivity index (χ3n) is 5.05. The number of aromatic nitrogens is 3. The molecule has 0 N–H and O–H groups in total. The van der Waals surface area contributed by atoms with Crippen LogP contribution in [0.2, 0.25) is 0 Å². The first-order chi connectivity index (χ1) is 14.6. The minimum Gasteiger partial charge on any atom is -0.267 e. The van der Waals surface area contributed by atoms with Crippen LogP contribution in [0.5, 0.6) is 0 Å². The first kappa shape index (κ1) is 18.6. The van der Waals surface area contributed by atoms with E-state index in [4.69, 9.17) is 0 Å². The van der Waals surface area contributed by atoms with E-state index in [0.717, 1.165) is 28.7 Å². The van der Waals surface area contributed by atoms with Crippen LogP contribution in [0.4, 0.5) is 8.78 Å². The molecule has 0 aliphatic rings. The van der Waals surface area contributed by atoms with Gasteiger partial charge in [0, 0.05) is 28.4 Å². The van der Waals surface area contributed by atoms with Gasteiger partial charge in [0.05, 0.1) is 28.3 Å². The smallest absolute Gasteiger partial charge is 0.267 e. The molecule has 0 unspecified atom stereocenters. The molecule has 2 aromatic carbocycles. The van der Waals surface area contributed by atoms with Gasteiger partial charge in [-0.05, 0) is 29.8 Å². The minimum absolute atomic E-state index is 0.255. The number of thiophene rings is 1. The number of fused-ring (bicyclic) bond motifs is 2. The van der Waals surface area contributed by atoms with Gasteiger partial charge in [-0.15, -0.1) is 11.3 Å². The number of benzene rings is 2. The summed E-state index contributed by atoms with van der Waals surface area (Å²) in [5.74, 6) is -1.86. The monoisotopic (exact) mass is 419 g/mol. The highest BCUT2D eigenvalue weighted by Gasteiger charge is 2.15. The third kappa shape index (κ3) is 3.27. The normalized spacial score (nSPS) is 11.4. The summed E-state index contributed by atoms with van der Waals surface area (Å²) in [7, 11) is 0. The Morgan fingerprint density at radius 3 is 2.73 bits per heavy atom. The van der Waals surface area contributed by atoms with Gasteiger partial charge in [-0.25, -0.2) is 13.5 Å². The summed E-state index contributed by atoms with van der Waals surface area (Å²) in [5.41, 5.74) is 2.57. The number of halogens is 2. The highest BCUT2D eigenvalue weighted by Crippen LogP contribution is 2.32. The van der Waals surface area contributed by atoms with E-state index in [1.165, 1.54) is 22.1 Å². The van der Waals surface area contributed by atoms with Crippen molar-refractivity contribution in [2.75, 3.05) is 0 Å². The molecule has 3 heterocycles. The van der Waals surface area contributed by atoms with E-state index in [2.05, 4.69) is 10.1 Å². The SMILES string of the molecule is O=c1c2c(-c3ccc(F)c(F)c3)csc2cnn1CCc1ccc2ccccc2n1. The molecule has 4 nitrogen and oxygen atoms in total. The average molecular weight is 419 g/mol. The van der Waals surface area contributed by atoms with E-state index in [1.807, 2.05) is 36.4 Å². The van der Waals surface area contributed by atoms with Crippen LogP contribution in [0.1, 0.15) is 5.69 Å². The second-order valence-electron chi connectivity index (χ2n) is 6.94. The van der Waals surface area contributed by atoms with Crippen molar-refractivity contribution in [2.24, 2.45) is 0 Å². The van der Waals surface area contributed by atoms with Gasteiger partial charge in [-0.2, -0.15) is 5.10 Å². The molecule has 5 rings (SSSR count). The van der Waals surface area contributed by atoms with Crippen molar-refractivity contribution in [1.29, 1.82) is 0 Å². The zero-order chi connectivity index (χ0) is 20.7. The maximum Gasteiger partial charge on any atom is 0.276 e. The fraction of sp³-hybridized carbons (Fsp3) is 0.0870. The Hall–Kier alpha value is -3.45. The molecular formula is C23H15F2N3OS. The second kappa shape index (κ2) is 7.42. The molecule has 148 valence electrons. The molecular weight excluding hydrogens is 404 g/mol. The molecule has 0 amide bonds. The summed E-state index contributed by atoms with van der Waals surface area (Å²) in [4.78, 5) is 17.7. The van der Waals surface area contributed by atoms with Crippen molar-refractivity contribution < 1.29 is 8.78 Å². The molecule has 0 radical (unpaired) electrons.